The largest absolute Gasteiger partial charge is 0.520 e. The van der Waals surface area contributed by atoms with Crippen molar-refractivity contribution in [3.8, 4) is 0 Å². The van der Waals surface area contributed by atoms with Crippen LogP contribution >= 0.6 is 11.3 Å². The van der Waals surface area contributed by atoms with Crippen molar-refractivity contribution in [3.05, 3.63) is 203 Å². The standard InChI is InChI=1S/C23H26N2O3.C22H21N3OS.C9H7NO.C8H18O2Si/c1-23(2,21(26)28-5)20(16-9-7-6-8-10-16)18-11-12-19-17(15-18)13-14-25(19)22(27)24(3)4;1-22(2,20(26)25-21-24-12-13-27-21)19(15-6-4-3-5-7-15)17-8-9-18-16(14-17)10-11-23-18;11-6-7-1-2-9-8(5-7)3-4-10-9;1-7(2)8(9-3)10-11(4,5)6/h6-15,20H,1-5H3;3-14,19,23H,1-2H3,(H,24,25,26);1-6,10H;1-6H3. The number of methoxy groups -OCH3 is 2. The van der Waals surface area contributed by atoms with Gasteiger partial charge in [0.25, 0.3) is 5.95 Å². The first-order valence-corrected chi connectivity index (χ1v) is 29.6. The van der Waals surface area contributed by atoms with Crippen LogP contribution in [0, 0.1) is 10.8 Å². The van der Waals surface area contributed by atoms with E-state index in [0.29, 0.717) is 11.1 Å². The van der Waals surface area contributed by atoms with Gasteiger partial charge < -0.3 is 34.1 Å². The van der Waals surface area contributed by atoms with Gasteiger partial charge in [-0.15, -0.1) is 11.3 Å². The second kappa shape index (κ2) is 25.7. The third kappa shape index (κ3) is 14.7. The molecule has 4 aromatic heterocycles. The number of aldehydes is 1. The number of esters is 1. The second-order valence-corrected chi connectivity index (χ2v) is 26.4. The Hall–Kier alpha value is -8.01. The highest BCUT2D eigenvalue weighted by atomic mass is 32.1. The van der Waals surface area contributed by atoms with Gasteiger partial charge in [-0.3, -0.25) is 19.0 Å². The summed E-state index contributed by atoms with van der Waals surface area (Å²) in [6.45, 7) is 18.2. The molecule has 77 heavy (non-hydrogen) atoms. The summed E-state index contributed by atoms with van der Waals surface area (Å²) in [5.41, 5.74) is 7.66. The van der Waals surface area contributed by atoms with Gasteiger partial charge in [-0.1, -0.05) is 86.6 Å². The minimum atomic E-state index is -1.49. The Labute approximate surface area is 457 Å². The number of anilines is 1. The molecule has 0 spiro atoms. The van der Waals surface area contributed by atoms with Crippen LogP contribution < -0.4 is 5.32 Å². The van der Waals surface area contributed by atoms with Gasteiger partial charge in [0.2, 0.25) is 14.2 Å². The quantitative estimate of drug-likeness (QED) is 0.0445. The molecule has 9 rings (SSSR count). The predicted octanol–water partition coefficient (Wildman–Crippen LogP) is 14.6. The molecule has 3 N–H and O–H groups in total. The van der Waals surface area contributed by atoms with Crippen LogP contribution in [-0.4, -0.2) is 85.2 Å². The van der Waals surface area contributed by atoms with Crippen LogP contribution in [-0.2, 0) is 23.5 Å². The number of nitrogens with one attached hydrogen (secondary N) is 3. The molecule has 2 unspecified atom stereocenters. The molecule has 0 radical (unpaired) electrons. The lowest BCUT2D eigenvalue weighted by atomic mass is 9.70. The zero-order valence-electron chi connectivity index (χ0n) is 46.4. The number of rotatable bonds is 13. The lowest BCUT2D eigenvalue weighted by molar-refractivity contribution is -0.151. The molecule has 0 saturated carbocycles. The lowest BCUT2D eigenvalue weighted by Gasteiger charge is -2.34. The molecule has 2 amide bonds. The summed E-state index contributed by atoms with van der Waals surface area (Å²) in [4.78, 5) is 60.5. The van der Waals surface area contributed by atoms with Crippen LogP contribution in [0.5, 0.6) is 0 Å². The maximum Gasteiger partial charge on any atom is 0.328 e. The van der Waals surface area contributed by atoms with Gasteiger partial charge in [0.05, 0.1) is 30.6 Å². The van der Waals surface area contributed by atoms with Crippen LogP contribution in [0.15, 0.2) is 175 Å². The Morgan fingerprint density at radius 1 is 0.688 bits per heavy atom. The summed E-state index contributed by atoms with van der Waals surface area (Å²) in [6, 6.07) is 43.9. The fourth-order valence-electron chi connectivity index (χ4n) is 9.14. The van der Waals surface area contributed by atoms with E-state index in [0.717, 1.165) is 72.4 Å². The summed E-state index contributed by atoms with van der Waals surface area (Å²) >= 11 is 1.43. The molecule has 15 heteroatoms. The van der Waals surface area contributed by atoms with Gasteiger partial charge in [0, 0.05) is 89.0 Å². The predicted molar refractivity (Wildman–Crippen MR) is 315 cm³/mol. The minimum Gasteiger partial charge on any atom is -0.520 e. The highest BCUT2D eigenvalue weighted by Crippen LogP contribution is 2.44. The molecule has 13 nitrogen and oxygen atoms in total. The molecule has 0 aliphatic rings. The number of nitrogens with zero attached hydrogens (tertiary/aromatic N) is 3. The zero-order valence-corrected chi connectivity index (χ0v) is 48.2. The summed E-state index contributed by atoms with van der Waals surface area (Å²) < 4.78 is 17.4. The van der Waals surface area contributed by atoms with E-state index in [2.05, 4.69) is 82.4 Å². The van der Waals surface area contributed by atoms with Crippen molar-refractivity contribution in [2.75, 3.05) is 33.6 Å². The number of amides is 2. The van der Waals surface area contributed by atoms with Crippen molar-refractivity contribution in [2.45, 2.75) is 73.0 Å². The Kier molecular flexibility index (Phi) is 19.4. The van der Waals surface area contributed by atoms with Crippen LogP contribution in [0.1, 0.15) is 86.0 Å². The molecule has 0 bridgehead atoms. The van der Waals surface area contributed by atoms with Crippen LogP contribution in [0.25, 0.3) is 32.7 Å². The van der Waals surface area contributed by atoms with E-state index in [9.17, 15) is 19.2 Å². The van der Waals surface area contributed by atoms with E-state index in [1.54, 1.807) is 49.1 Å². The molecule has 0 fully saturated rings. The number of fused-ring (bicyclic) bond motifs is 3. The average molecular weight is 1070 g/mol. The van der Waals surface area contributed by atoms with E-state index >= 15 is 0 Å². The van der Waals surface area contributed by atoms with Gasteiger partial charge in [0.15, 0.2) is 5.13 Å². The summed E-state index contributed by atoms with van der Waals surface area (Å²) in [5, 5.41) is 8.64. The smallest absolute Gasteiger partial charge is 0.328 e. The van der Waals surface area contributed by atoms with Gasteiger partial charge >= 0.3 is 12.0 Å². The van der Waals surface area contributed by atoms with Crippen LogP contribution in [0.3, 0.4) is 0 Å². The number of hydrogen-bond donors (Lipinski definition) is 3. The molecule has 4 heterocycles. The van der Waals surface area contributed by atoms with E-state index < -0.39 is 19.1 Å². The topological polar surface area (TPSA) is 161 Å². The van der Waals surface area contributed by atoms with Gasteiger partial charge in [0.1, 0.15) is 6.29 Å². The average Bonchev–Trinajstić information content (AvgIpc) is 4.27. The van der Waals surface area contributed by atoms with E-state index in [4.69, 9.17) is 13.9 Å². The van der Waals surface area contributed by atoms with Crippen molar-refractivity contribution in [1.29, 1.82) is 0 Å². The number of ether oxygens (including phenoxy) is 2. The van der Waals surface area contributed by atoms with Gasteiger partial charge in [-0.05, 0) is 136 Å². The number of H-pyrrole nitrogens is 2. The fraction of sp³-hybridized carbons (Fsp3) is 0.274. The zero-order chi connectivity index (χ0) is 56.1. The van der Waals surface area contributed by atoms with E-state index in [1.165, 1.54) is 18.4 Å². The van der Waals surface area contributed by atoms with Crippen molar-refractivity contribution >= 4 is 81.7 Å². The number of carbonyl (C=O) groups is 4. The SMILES string of the molecule is CC(C)(C(=O)Nc1nccs1)C(c1ccccc1)c1ccc2[nH]ccc2c1.COC(=O)C(C)(C)C(c1ccccc1)c1ccc2c(ccn2C(=O)N(C)C)c1.COC(O[Si](C)(C)C)=C(C)C.O=Cc1ccc2[nH]ccc2c1. The molecule has 0 saturated heterocycles. The monoisotopic (exact) mass is 1070 g/mol. The van der Waals surface area contributed by atoms with Crippen molar-refractivity contribution < 1.29 is 33.1 Å². The summed E-state index contributed by atoms with van der Waals surface area (Å²) in [7, 11) is 5.03. The van der Waals surface area contributed by atoms with Gasteiger partial charge in [-0.25, -0.2) is 9.78 Å². The maximum atomic E-state index is 13.2. The second-order valence-electron chi connectivity index (χ2n) is 21.1. The van der Waals surface area contributed by atoms with E-state index in [-0.39, 0.29) is 29.7 Å². The molecular formula is C62H72N6O7SSi. The molecule has 0 aliphatic heterocycles. The summed E-state index contributed by atoms with van der Waals surface area (Å²) in [6.07, 6.45) is 8.12. The van der Waals surface area contributed by atoms with Crippen molar-refractivity contribution in [1.82, 2.24) is 24.4 Å². The van der Waals surface area contributed by atoms with Crippen LogP contribution in [0.4, 0.5) is 9.93 Å². The van der Waals surface area contributed by atoms with Crippen LogP contribution in [0.2, 0.25) is 19.6 Å². The number of hydrogen-bond acceptors (Lipinski definition) is 9. The fourth-order valence-corrected chi connectivity index (χ4v) is 10.5. The van der Waals surface area contributed by atoms with Gasteiger partial charge in [-0.2, -0.15) is 0 Å². The Bertz CT molecular complexity index is 3420. The molecule has 9 aromatic rings. The molecule has 0 aliphatic carbocycles. The molecule has 402 valence electrons. The normalized spacial score (nSPS) is 12.1. The molecular weight excluding hydrogens is 1000 g/mol. The molecule has 2 atom stereocenters. The number of carbonyl (C=O) groups excluding carboxylic acids is 4. The third-order valence-electron chi connectivity index (χ3n) is 12.9. The number of aromatic amines is 2. The Balaban J connectivity index is 0.000000181. The molecule has 5 aromatic carbocycles. The highest BCUT2D eigenvalue weighted by Gasteiger charge is 2.41. The minimum absolute atomic E-state index is 0.0412. The highest BCUT2D eigenvalue weighted by molar-refractivity contribution is 7.13. The first-order valence-electron chi connectivity index (χ1n) is 25.3. The Morgan fingerprint density at radius 3 is 1.73 bits per heavy atom. The maximum absolute atomic E-state index is 13.2. The lowest BCUT2D eigenvalue weighted by Crippen LogP contribution is -2.37. The first kappa shape index (κ1) is 58.3. The first-order chi connectivity index (χ1) is 36.6. The Morgan fingerprint density at radius 2 is 1.23 bits per heavy atom. The number of thiazole rings is 1. The number of benzene rings is 5. The van der Waals surface area contributed by atoms with Crippen molar-refractivity contribution in [3.63, 3.8) is 0 Å². The summed E-state index contributed by atoms with van der Waals surface area (Å²) in [5.74, 6) is 0.114. The third-order valence-corrected chi connectivity index (χ3v) is 14.4. The number of aromatic nitrogens is 4. The van der Waals surface area contributed by atoms with E-state index in [1.807, 2.05) is 144 Å². The number of allylic oxidation sites excluding steroid dienone is 1. The van der Waals surface area contributed by atoms with Crippen molar-refractivity contribution in [2.24, 2.45) is 10.8 Å².